The third kappa shape index (κ3) is 5.32. The summed E-state index contributed by atoms with van der Waals surface area (Å²) in [7, 11) is 1.62. The lowest BCUT2D eigenvalue weighted by atomic mass is 9.96. The second-order valence-corrected chi connectivity index (χ2v) is 6.17. The van der Waals surface area contributed by atoms with Crippen molar-refractivity contribution in [3.8, 4) is 5.75 Å². The average Bonchev–Trinajstić information content (AvgIpc) is 2.73. The van der Waals surface area contributed by atoms with Crippen LogP contribution < -0.4 is 10.1 Å². The van der Waals surface area contributed by atoms with Gasteiger partial charge in [-0.3, -0.25) is 4.79 Å². The normalized spacial score (nSPS) is 10.1. The van der Waals surface area contributed by atoms with Gasteiger partial charge in [0, 0.05) is 12.1 Å². The van der Waals surface area contributed by atoms with Crippen LogP contribution in [0.2, 0.25) is 0 Å². The number of anilines is 1. The standard InChI is InChI=1S/C24H23NO2/c1-27-22-17-15-21(16-18-22)25-24(26)14-8-13-23(19-9-4-2-5-10-19)20-11-6-3-7-12-20/h2-7,9-13,15-18H,8,14H2,1H3,(H,25,26). The fourth-order valence-corrected chi connectivity index (χ4v) is 2.88. The number of carbonyl (C=O) groups excluding carboxylic acids is 1. The van der Waals surface area contributed by atoms with Crippen molar-refractivity contribution in [3.63, 3.8) is 0 Å². The Kier molecular flexibility index (Phi) is 6.42. The van der Waals surface area contributed by atoms with Gasteiger partial charge < -0.3 is 10.1 Å². The summed E-state index contributed by atoms with van der Waals surface area (Å²) in [6.45, 7) is 0. The number of amides is 1. The minimum absolute atomic E-state index is 0.00288. The highest BCUT2D eigenvalue weighted by Crippen LogP contribution is 2.24. The molecule has 3 heteroatoms. The van der Waals surface area contributed by atoms with Gasteiger partial charge in [-0.15, -0.1) is 0 Å². The van der Waals surface area contributed by atoms with E-state index in [1.807, 2.05) is 60.7 Å². The Morgan fingerprint density at radius 3 is 1.93 bits per heavy atom. The van der Waals surface area contributed by atoms with Crippen molar-refractivity contribution in [2.45, 2.75) is 12.8 Å². The van der Waals surface area contributed by atoms with Crippen LogP contribution in [0.15, 0.2) is 91.0 Å². The summed E-state index contributed by atoms with van der Waals surface area (Å²) in [6, 6.07) is 27.9. The highest BCUT2D eigenvalue weighted by molar-refractivity contribution is 5.91. The molecule has 0 radical (unpaired) electrons. The Morgan fingerprint density at radius 2 is 1.41 bits per heavy atom. The first-order chi connectivity index (χ1) is 13.3. The quantitative estimate of drug-likeness (QED) is 0.602. The van der Waals surface area contributed by atoms with Crippen LogP contribution in [0.5, 0.6) is 5.75 Å². The molecule has 3 rings (SSSR count). The first-order valence-electron chi connectivity index (χ1n) is 9.01. The van der Waals surface area contributed by atoms with Crippen LogP contribution in [0.4, 0.5) is 5.69 Å². The number of methoxy groups -OCH3 is 1. The largest absolute Gasteiger partial charge is 0.497 e. The molecule has 3 nitrogen and oxygen atoms in total. The number of allylic oxidation sites excluding steroid dienone is 1. The molecule has 0 saturated heterocycles. The fourth-order valence-electron chi connectivity index (χ4n) is 2.88. The zero-order chi connectivity index (χ0) is 18.9. The lowest BCUT2D eigenvalue weighted by Crippen LogP contribution is -2.10. The number of rotatable bonds is 7. The monoisotopic (exact) mass is 357 g/mol. The third-order valence-corrected chi connectivity index (χ3v) is 4.26. The Hall–Kier alpha value is -3.33. The number of benzene rings is 3. The molecule has 3 aromatic rings. The van der Waals surface area contributed by atoms with Gasteiger partial charge in [0.2, 0.25) is 5.91 Å². The van der Waals surface area contributed by atoms with Crippen molar-refractivity contribution < 1.29 is 9.53 Å². The van der Waals surface area contributed by atoms with Crippen LogP contribution in [0.3, 0.4) is 0 Å². The smallest absolute Gasteiger partial charge is 0.224 e. The third-order valence-electron chi connectivity index (χ3n) is 4.26. The molecule has 0 aliphatic rings. The van der Waals surface area contributed by atoms with Crippen molar-refractivity contribution in [2.24, 2.45) is 0 Å². The number of hydrogen-bond acceptors (Lipinski definition) is 2. The molecular formula is C24H23NO2. The summed E-state index contributed by atoms with van der Waals surface area (Å²) in [5.74, 6) is 0.767. The Labute approximate surface area is 160 Å². The Balaban J connectivity index is 1.66. The highest BCUT2D eigenvalue weighted by atomic mass is 16.5. The molecule has 0 spiro atoms. The van der Waals surface area contributed by atoms with Gasteiger partial charge in [-0.2, -0.15) is 0 Å². The van der Waals surface area contributed by atoms with E-state index in [1.54, 1.807) is 7.11 Å². The second kappa shape index (κ2) is 9.39. The molecule has 1 amide bonds. The summed E-state index contributed by atoms with van der Waals surface area (Å²) in [6.07, 6.45) is 3.23. The van der Waals surface area contributed by atoms with Crippen LogP contribution in [0.25, 0.3) is 5.57 Å². The van der Waals surface area contributed by atoms with Gasteiger partial charge in [-0.05, 0) is 47.4 Å². The van der Waals surface area contributed by atoms with Crippen molar-refractivity contribution in [2.75, 3.05) is 12.4 Å². The maximum atomic E-state index is 12.2. The van der Waals surface area contributed by atoms with E-state index < -0.39 is 0 Å². The number of hydrogen-bond donors (Lipinski definition) is 1. The highest BCUT2D eigenvalue weighted by Gasteiger charge is 2.06. The summed E-state index contributed by atoms with van der Waals surface area (Å²) in [5.41, 5.74) is 4.23. The molecule has 0 aliphatic heterocycles. The minimum Gasteiger partial charge on any atom is -0.497 e. The van der Waals surface area contributed by atoms with Gasteiger partial charge in [-0.1, -0.05) is 66.7 Å². The second-order valence-electron chi connectivity index (χ2n) is 6.17. The molecule has 27 heavy (non-hydrogen) atoms. The maximum Gasteiger partial charge on any atom is 0.224 e. The topological polar surface area (TPSA) is 38.3 Å². The van der Waals surface area contributed by atoms with E-state index in [9.17, 15) is 4.79 Å². The summed E-state index contributed by atoms with van der Waals surface area (Å²) in [4.78, 5) is 12.2. The number of ether oxygens (including phenoxy) is 1. The van der Waals surface area contributed by atoms with Crippen LogP contribution in [0.1, 0.15) is 24.0 Å². The van der Waals surface area contributed by atoms with Gasteiger partial charge in [0.1, 0.15) is 5.75 Å². The zero-order valence-electron chi connectivity index (χ0n) is 15.4. The van der Waals surface area contributed by atoms with Crippen LogP contribution in [0, 0.1) is 0 Å². The van der Waals surface area contributed by atoms with Gasteiger partial charge in [0.15, 0.2) is 0 Å². The SMILES string of the molecule is COc1ccc(NC(=O)CCC=C(c2ccccc2)c2ccccc2)cc1. The molecule has 0 saturated carbocycles. The van der Waals surface area contributed by atoms with E-state index in [4.69, 9.17) is 4.74 Å². The predicted octanol–water partition coefficient (Wildman–Crippen LogP) is 5.55. The van der Waals surface area contributed by atoms with E-state index in [0.29, 0.717) is 12.8 Å². The molecule has 3 aromatic carbocycles. The van der Waals surface area contributed by atoms with Gasteiger partial charge >= 0.3 is 0 Å². The van der Waals surface area contributed by atoms with E-state index in [-0.39, 0.29) is 5.91 Å². The van der Waals surface area contributed by atoms with Crippen LogP contribution >= 0.6 is 0 Å². The fraction of sp³-hybridized carbons (Fsp3) is 0.125. The first-order valence-corrected chi connectivity index (χ1v) is 9.01. The average molecular weight is 357 g/mol. The molecule has 0 atom stereocenters. The molecule has 0 heterocycles. The zero-order valence-corrected chi connectivity index (χ0v) is 15.4. The van der Waals surface area contributed by atoms with E-state index in [0.717, 1.165) is 28.1 Å². The predicted molar refractivity (Wildman–Crippen MR) is 111 cm³/mol. The van der Waals surface area contributed by atoms with Gasteiger partial charge in [0.25, 0.3) is 0 Å². The molecule has 0 aliphatic carbocycles. The molecule has 0 unspecified atom stereocenters. The van der Waals surface area contributed by atoms with Crippen molar-refractivity contribution in [1.29, 1.82) is 0 Å². The van der Waals surface area contributed by atoms with Crippen LogP contribution in [-0.2, 0) is 4.79 Å². The summed E-state index contributed by atoms with van der Waals surface area (Å²) in [5, 5.41) is 2.92. The lowest BCUT2D eigenvalue weighted by molar-refractivity contribution is -0.116. The molecule has 1 N–H and O–H groups in total. The molecule has 0 bridgehead atoms. The summed E-state index contributed by atoms with van der Waals surface area (Å²) < 4.78 is 5.13. The number of nitrogens with one attached hydrogen (secondary N) is 1. The summed E-state index contributed by atoms with van der Waals surface area (Å²) >= 11 is 0. The molecule has 0 fully saturated rings. The number of carbonyl (C=O) groups is 1. The van der Waals surface area contributed by atoms with E-state index >= 15 is 0 Å². The minimum atomic E-state index is -0.00288. The molecular weight excluding hydrogens is 334 g/mol. The Morgan fingerprint density at radius 1 is 0.852 bits per heavy atom. The molecule has 0 aromatic heterocycles. The van der Waals surface area contributed by atoms with Gasteiger partial charge in [-0.25, -0.2) is 0 Å². The van der Waals surface area contributed by atoms with Crippen molar-refractivity contribution in [1.82, 2.24) is 0 Å². The van der Waals surface area contributed by atoms with Crippen molar-refractivity contribution >= 4 is 17.2 Å². The van der Waals surface area contributed by atoms with Crippen LogP contribution in [-0.4, -0.2) is 13.0 Å². The Bertz CT molecular complexity index is 843. The molecule has 136 valence electrons. The van der Waals surface area contributed by atoms with E-state index in [1.165, 1.54) is 0 Å². The van der Waals surface area contributed by atoms with E-state index in [2.05, 4.69) is 35.7 Å². The van der Waals surface area contributed by atoms with Gasteiger partial charge in [0.05, 0.1) is 7.11 Å². The maximum absolute atomic E-state index is 12.2. The van der Waals surface area contributed by atoms with Crippen molar-refractivity contribution in [3.05, 3.63) is 102 Å². The first kappa shape index (κ1) is 18.5. The lowest BCUT2D eigenvalue weighted by Gasteiger charge is -2.09.